The lowest BCUT2D eigenvalue weighted by molar-refractivity contribution is -0.130. The number of hydrogen-bond acceptors (Lipinski definition) is 5. The quantitative estimate of drug-likeness (QED) is 0.673. The smallest absolute Gasteiger partial charge is 0.251 e. The van der Waals surface area contributed by atoms with Gasteiger partial charge in [0.05, 0.1) is 5.70 Å². The van der Waals surface area contributed by atoms with Crippen molar-refractivity contribution < 1.29 is 4.79 Å². The normalized spacial score (nSPS) is 18.7. The number of nitrogens with zero attached hydrogens (tertiary/aromatic N) is 6. The van der Waals surface area contributed by atoms with Gasteiger partial charge in [-0.25, -0.2) is 0 Å². The number of tetrazole rings is 1. The first-order valence-corrected chi connectivity index (χ1v) is 10.5. The van der Waals surface area contributed by atoms with Crippen molar-refractivity contribution >= 4 is 17.6 Å². The van der Waals surface area contributed by atoms with Gasteiger partial charge in [0.1, 0.15) is 12.6 Å². The van der Waals surface area contributed by atoms with Gasteiger partial charge >= 0.3 is 0 Å². The first kappa shape index (κ1) is 18.5. The Morgan fingerprint density at radius 3 is 2.37 bits per heavy atom. The van der Waals surface area contributed by atoms with Crippen molar-refractivity contribution in [1.29, 1.82) is 0 Å². The average Bonchev–Trinajstić information content (AvgIpc) is 3.31. The van der Waals surface area contributed by atoms with E-state index in [0.29, 0.717) is 5.95 Å². The van der Waals surface area contributed by atoms with Crippen LogP contribution in [0.2, 0.25) is 0 Å². The first-order valence-electron chi connectivity index (χ1n) is 10.5. The van der Waals surface area contributed by atoms with E-state index >= 15 is 0 Å². The zero-order valence-corrected chi connectivity index (χ0v) is 16.8. The molecule has 0 spiro atoms. The van der Waals surface area contributed by atoms with Crippen LogP contribution in [0.25, 0.3) is 5.70 Å². The van der Waals surface area contributed by atoms with Gasteiger partial charge in [0.25, 0.3) is 5.95 Å². The number of amides is 1. The number of aromatic nitrogens is 4. The summed E-state index contributed by atoms with van der Waals surface area (Å²) in [6.07, 6.45) is 5.49. The van der Waals surface area contributed by atoms with Crippen LogP contribution >= 0.6 is 0 Å². The van der Waals surface area contributed by atoms with Gasteiger partial charge < -0.3 is 4.90 Å². The van der Waals surface area contributed by atoms with E-state index in [1.807, 2.05) is 46.2 Å². The third-order valence-corrected chi connectivity index (χ3v) is 5.80. The molecule has 0 bridgehead atoms. The highest BCUT2D eigenvalue weighted by atomic mass is 16.2. The van der Waals surface area contributed by atoms with E-state index in [0.717, 1.165) is 42.8 Å². The van der Waals surface area contributed by atoms with Crippen molar-refractivity contribution in [3.05, 3.63) is 77.9 Å². The maximum Gasteiger partial charge on any atom is 0.251 e. The summed E-state index contributed by atoms with van der Waals surface area (Å²) < 4.78 is 1.80. The predicted molar refractivity (Wildman–Crippen MR) is 115 cm³/mol. The Morgan fingerprint density at radius 1 is 0.933 bits per heavy atom. The van der Waals surface area contributed by atoms with Crippen LogP contribution in [0.1, 0.15) is 36.4 Å². The van der Waals surface area contributed by atoms with Gasteiger partial charge in [-0.15, -0.1) is 0 Å². The van der Waals surface area contributed by atoms with Gasteiger partial charge in [-0.05, 0) is 46.9 Å². The van der Waals surface area contributed by atoms with Crippen molar-refractivity contribution in [2.24, 2.45) is 0 Å². The molecular formula is C23H24N6O. The van der Waals surface area contributed by atoms with E-state index in [-0.39, 0.29) is 18.5 Å². The zero-order chi connectivity index (χ0) is 20.3. The lowest BCUT2D eigenvalue weighted by Gasteiger charge is -2.34. The molecule has 5 rings (SSSR count). The van der Waals surface area contributed by atoms with E-state index in [1.54, 1.807) is 4.68 Å². The number of fused-ring (bicyclic) bond motifs is 1. The highest BCUT2D eigenvalue weighted by Crippen LogP contribution is 2.36. The van der Waals surface area contributed by atoms with Crippen LogP contribution in [-0.4, -0.2) is 50.6 Å². The third kappa shape index (κ3) is 3.47. The Morgan fingerprint density at radius 2 is 1.63 bits per heavy atom. The largest absolute Gasteiger partial charge is 0.341 e. The first-order chi connectivity index (χ1) is 14.8. The summed E-state index contributed by atoms with van der Waals surface area (Å²) in [4.78, 5) is 17.0. The number of carbonyl (C=O) groups is 1. The number of allylic oxidation sites excluding steroid dienone is 1. The highest BCUT2D eigenvalue weighted by Gasteiger charge is 2.32. The Balaban J connectivity index is 1.55. The highest BCUT2D eigenvalue weighted by molar-refractivity contribution is 5.89. The van der Waals surface area contributed by atoms with Gasteiger partial charge in [-0.3, -0.25) is 9.69 Å². The molecule has 0 N–H and O–H groups in total. The summed E-state index contributed by atoms with van der Waals surface area (Å²) >= 11 is 0. The molecule has 0 radical (unpaired) electrons. The summed E-state index contributed by atoms with van der Waals surface area (Å²) in [5.41, 5.74) is 3.10. The number of rotatable bonds is 4. The van der Waals surface area contributed by atoms with Crippen LogP contribution in [-0.2, 0) is 4.79 Å². The molecule has 3 heterocycles. The topological polar surface area (TPSA) is 67.2 Å². The third-order valence-electron chi connectivity index (χ3n) is 5.80. The molecule has 0 aliphatic carbocycles. The van der Waals surface area contributed by atoms with E-state index in [1.165, 1.54) is 6.42 Å². The van der Waals surface area contributed by atoms with Crippen LogP contribution in [0.5, 0.6) is 0 Å². The summed E-state index contributed by atoms with van der Waals surface area (Å²) in [5.74, 6) is 0.708. The molecule has 0 saturated carbocycles. The van der Waals surface area contributed by atoms with Crippen molar-refractivity contribution in [2.75, 3.05) is 24.5 Å². The molecule has 2 aliphatic heterocycles. The minimum atomic E-state index is -0.132. The van der Waals surface area contributed by atoms with Gasteiger partial charge in [-0.2, -0.15) is 4.68 Å². The summed E-state index contributed by atoms with van der Waals surface area (Å²) in [7, 11) is 0. The number of carbonyl (C=O) groups excluding carboxylic acids is 1. The Bertz CT molecular complexity index is 1040. The molecule has 1 saturated heterocycles. The maximum atomic E-state index is 13.1. The standard InChI is InChI=1S/C23H24N6O/c30-22(27-14-8-3-9-15-27)17-28-20(18-10-4-1-5-11-18)16-21(19-12-6-2-7-13-19)29-23(28)24-25-26-29/h1-2,4-7,10-13,16,21H,3,8-9,14-15,17H2/t21-/m1/s1. The van der Waals surface area contributed by atoms with Crippen molar-refractivity contribution in [3.8, 4) is 0 Å². The minimum absolute atomic E-state index is 0.115. The Labute approximate surface area is 175 Å². The molecule has 1 atom stereocenters. The molecule has 1 aromatic heterocycles. The van der Waals surface area contributed by atoms with Crippen LogP contribution in [0, 0.1) is 0 Å². The molecule has 2 aliphatic rings. The van der Waals surface area contributed by atoms with Crippen LogP contribution in [0.4, 0.5) is 5.95 Å². The lowest BCUT2D eigenvalue weighted by Crippen LogP contribution is -2.44. The summed E-state index contributed by atoms with van der Waals surface area (Å²) in [6.45, 7) is 1.88. The molecule has 1 fully saturated rings. The van der Waals surface area contributed by atoms with Crippen LogP contribution in [0.3, 0.4) is 0 Å². The van der Waals surface area contributed by atoms with Gasteiger partial charge in [0, 0.05) is 13.1 Å². The van der Waals surface area contributed by atoms with Crippen molar-refractivity contribution in [3.63, 3.8) is 0 Å². The molecule has 152 valence electrons. The number of anilines is 1. The number of likely N-dealkylation sites (tertiary alicyclic amines) is 1. The average molecular weight is 400 g/mol. The molecule has 7 nitrogen and oxygen atoms in total. The van der Waals surface area contributed by atoms with Gasteiger partial charge in [0.15, 0.2) is 0 Å². The Kier molecular flexibility index (Phi) is 5.01. The molecule has 0 unspecified atom stereocenters. The minimum Gasteiger partial charge on any atom is -0.341 e. The number of hydrogen-bond donors (Lipinski definition) is 0. The maximum absolute atomic E-state index is 13.1. The SMILES string of the molecule is O=C(CN1C(c2ccccc2)=C[C@H](c2ccccc2)n2nnnc21)N1CCCCC1. The Hall–Kier alpha value is -3.48. The second-order valence-corrected chi connectivity index (χ2v) is 7.72. The fourth-order valence-corrected chi connectivity index (χ4v) is 4.25. The van der Waals surface area contributed by atoms with Crippen LogP contribution in [0.15, 0.2) is 66.7 Å². The van der Waals surface area contributed by atoms with E-state index in [9.17, 15) is 4.79 Å². The molecular weight excluding hydrogens is 376 g/mol. The number of piperidine rings is 1. The van der Waals surface area contributed by atoms with E-state index < -0.39 is 0 Å². The molecule has 7 heteroatoms. The van der Waals surface area contributed by atoms with Crippen molar-refractivity contribution in [2.45, 2.75) is 25.3 Å². The van der Waals surface area contributed by atoms with E-state index in [4.69, 9.17) is 0 Å². The molecule has 3 aromatic rings. The molecule has 1 amide bonds. The molecule has 2 aromatic carbocycles. The second kappa shape index (κ2) is 8.10. The predicted octanol–water partition coefficient (Wildman–Crippen LogP) is 3.14. The van der Waals surface area contributed by atoms with Crippen LogP contribution < -0.4 is 4.90 Å². The monoisotopic (exact) mass is 400 g/mol. The van der Waals surface area contributed by atoms with Gasteiger partial charge in [-0.1, -0.05) is 65.8 Å². The van der Waals surface area contributed by atoms with Gasteiger partial charge in [0.2, 0.25) is 5.91 Å². The van der Waals surface area contributed by atoms with E-state index in [2.05, 4.69) is 45.9 Å². The second-order valence-electron chi connectivity index (χ2n) is 7.72. The molecule has 30 heavy (non-hydrogen) atoms. The lowest BCUT2D eigenvalue weighted by atomic mass is 10.0. The fourth-order valence-electron chi connectivity index (χ4n) is 4.25. The fraction of sp³-hybridized carbons (Fsp3) is 0.304. The van der Waals surface area contributed by atoms with Crippen molar-refractivity contribution in [1.82, 2.24) is 25.1 Å². The summed E-state index contributed by atoms with van der Waals surface area (Å²) in [6, 6.07) is 20.2. The number of benzene rings is 2. The summed E-state index contributed by atoms with van der Waals surface area (Å²) in [5, 5.41) is 12.5. The zero-order valence-electron chi connectivity index (χ0n) is 16.8.